The largest absolute Gasteiger partial charge is 0.493 e. The van der Waals surface area contributed by atoms with E-state index in [2.05, 4.69) is 5.32 Å². The van der Waals surface area contributed by atoms with Crippen molar-refractivity contribution >= 4 is 5.91 Å². The maximum absolute atomic E-state index is 12.4. The van der Waals surface area contributed by atoms with Gasteiger partial charge >= 0.3 is 0 Å². The smallest absolute Gasteiger partial charge is 0.253 e. The zero-order valence-corrected chi connectivity index (χ0v) is 12.1. The molecule has 0 spiro atoms. The Kier molecular flexibility index (Phi) is 4.68. The summed E-state index contributed by atoms with van der Waals surface area (Å²) in [5.41, 5.74) is 0.532. The molecule has 0 bridgehead atoms. The standard InChI is InChI=1S/C14H20N2O4/c1-15-4-5-16(2)14(17)10-8-11(18-3)13-12(9-10)19-6-7-20-13/h8-9,15H,4-7H2,1-3H3. The Hall–Kier alpha value is -1.95. The van der Waals surface area contributed by atoms with Crippen LogP contribution in [0.1, 0.15) is 10.4 Å². The Balaban J connectivity index is 2.25. The summed E-state index contributed by atoms with van der Waals surface area (Å²) in [5, 5.41) is 3.01. The normalized spacial score (nSPS) is 12.9. The predicted octanol–water partition coefficient (Wildman–Crippen LogP) is 0.758. The fraction of sp³-hybridized carbons (Fsp3) is 0.500. The van der Waals surface area contributed by atoms with Gasteiger partial charge < -0.3 is 24.4 Å². The number of nitrogens with one attached hydrogen (secondary N) is 1. The molecule has 0 saturated carbocycles. The van der Waals surface area contributed by atoms with Gasteiger partial charge in [-0.3, -0.25) is 4.79 Å². The Bertz CT molecular complexity index is 473. The van der Waals surface area contributed by atoms with Gasteiger partial charge in [0.25, 0.3) is 5.91 Å². The third-order valence-corrected chi connectivity index (χ3v) is 3.12. The minimum atomic E-state index is -0.0736. The molecule has 0 saturated heterocycles. The van der Waals surface area contributed by atoms with E-state index in [9.17, 15) is 4.79 Å². The first-order valence-corrected chi connectivity index (χ1v) is 6.55. The SMILES string of the molecule is CNCCN(C)C(=O)c1cc(OC)c2c(c1)OCCO2. The van der Waals surface area contributed by atoms with E-state index in [0.29, 0.717) is 42.6 Å². The van der Waals surface area contributed by atoms with Crippen LogP contribution in [-0.2, 0) is 0 Å². The minimum Gasteiger partial charge on any atom is -0.493 e. The highest BCUT2D eigenvalue weighted by molar-refractivity contribution is 5.95. The van der Waals surface area contributed by atoms with Gasteiger partial charge in [-0.1, -0.05) is 0 Å². The van der Waals surface area contributed by atoms with Crippen molar-refractivity contribution in [1.29, 1.82) is 0 Å². The summed E-state index contributed by atoms with van der Waals surface area (Å²) in [6, 6.07) is 3.39. The zero-order valence-electron chi connectivity index (χ0n) is 12.1. The number of ether oxygens (including phenoxy) is 3. The van der Waals surface area contributed by atoms with Crippen molar-refractivity contribution in [3.05, 3.63) is 17.7 Å². The second-order valence-electron chi connectivity index (χ2n) is 4.53. The lowest BCUT2D eigenvalue weighted by atomic mass is 10.1. The van der Waals surface area contributed by atoms with Gasteiger partial charge in [-0.05, 0) is 19.2 Å². The van der Waals surface area contributed by atoms with Crippen molar-refractivity contribution in [2.45, 2.75) is 0 Å². The Morgan fingerprint density at radius 3 is 2.85 bits per heavy atom. The number of carbonyl (C=O) groups is 1. The van der Waals surface area contributed by atoms with Gasteiger partial charge in [0.05, 0.1) is 7.11 Å². The molecule has 20 heavy (non-hydrogen) atoms. The van der Waals surface area contributed by atoms with Crippen LogP contribution in [0.3, 0.4) is 0 Å². The molecule has 0 aromatic heterocycles. The second kappa shape index (κ2) is 6.47. The molecular formula is C14H20N2O4. The number of amides is 1. The van der Waals surface area contributed by atoms with Gasteiger partial charge in [-0.15, -0.1) is 0 Å². The number of nitrogens with zero attached hydrogens (tertiary/aromatic N) is 1. The lowest BCUT2D eigenvalue weighted by Crippen LogP contribution is -2.32. The van der Waals surface area contributed by atoms with E-state index in [-0.39, 0.29) is 5.91 Å². The van der Waals surface area contributed by atoms with E-state index in [1.807, 2.05) is 7.05 Å². The van der Waals surface area contributed by atoms with E-state index in [1.54, 1.807) is 31.2 Å². The van der Waals surface area contributed by atoms with Gasteiger partial charge in [0.2, 0.25) is 5.75 Å². The molecule has 1 aliphatic rings. The molecule has 1 amide bonds. The number of rotatable bonds is 5. The van der Waals surface area contributed by atoms with E-state index in [4.69, 9.17) is 14.2 Å². The van der Waals surface area contributed by atoms with Gasteiger partial charge in [0.1, 0.15) is 13.2 Å². The van der Waals surface area contributed by atoms with Crippen molar-refractivity contribution in [2.24, 2.45) is 0 Å². The first kappa shape index (κ1) is 14.5. The average Bonchev–Trinajstić information content (AvgIpc) is 2.50. The van der Waals surface area contributed by atoms with Crippen LogP contribution in [0.5, 0.6) is 17.2 Å². The van der Waals surface area contributed by atoms with Crippen LogP contribution in [0.2, 0.25) is 0 Å². The van der Waals surface area contributed by atoms with Crippen LogP contribution in [0.25, 0.3) is 0 Å². The van der Waals surface area contributed by atoms with Gasteiger partial charge in [-0.2, -0.15) is 0 Å². The topological polar surface area (TPSA) is 60.0 Å². The highest BCUT2D eigenvalue weighted by Crippen LogP contribution is 2.40. The Morgan fingerprint density at radius 2 is 2.15 bits per heavy atom. The van der Waals surface area contributed by atoms with Crippen LogP contribution < -0.4 is 19.5 Å². The molecule has 1 aliphatic heterocycles. The highest BCUT2D eigenvalue weighted by atomic mass is 16.6. The molecule has 1 aromatic rings. The Morgan fingerprint density at radius 1 is 1.40 bits per heavy atom. The summed E-state index contributed by atoms with van der Waals surface area (Å²) in [6.07, 6.45) is 0. The summed E-state index contributed by atoms with van der Waals surface area (Å²) in [6.45, 7) is 2.33. The third-order valence-electron chi connectivity index (χ3n) is 3.12. The first-order valence-electron chi connectivity index (χ1n) is 6.55. The van der Waals surface area contributed by atoms with Gasteiger partial charge in [-0.25, -0.2) is 0 Å². The van der Waals surface area contributed by atoms with Crippen LogP contribution in [0, 0.1) is 0 Å². The summed E-state index contributed by atoms with van der Waals surface area (Å²) >= 11 is 0. The molecule has 2 rings (SSSR count). The molecule has 0 fully saturated rings. The molecule has 0 unspecified atom stereocenters. The number of hydrogen-bond acceptors (Lipinski definition) is 5. The summed E-state index contributed by atoms with van der Waals surface area (Å²) in [7, 11) is 5.17. The fourth-order valence-electron chi connectivity index (χ4n) is 2.00. The maximum Gasteiger partial charge on any atom is 0.253 e. The molecule has 1 heterocycles. The van der Waals surface area contributed by atoms with E-state index in [0.717, 1.165) is 6.54 Å². The Labute approximate surface area is 118 Å². The minimum absolute atomic E-state index is 0.0736. The molecular weight excluding hydrogens is 260 g/mol. The van der Waals surface area contributed by atoms with Crippen molar-refractivity contribution in [1.82, 2.24) is 10.2 Å². The number of carbonyl (C=O) groups excluding carboxylic acids is 1. The van der Waals surface area contributed by atoms with Crippen LogP contribution >= 0.6 is 0 Å². The zero-order chi connectivity index (χ0) is 14.5. The van der Waals surface area contributed by atoms with Crippen LogP contribution in [-0.4, -0.2) is 58.3 Å². The summed E-state index contributed by atoms with van der Waals surface area (Å²) in [4.78, 5) is 14.0. The second-order valence-corrected chi connectivity index (χ2v) is 4.53. The van der Waals surface area contributed by atoms with Crippen LogP contribution in [0.4, 0.5) is 0 Å². The highest BCUT2D eigenvalue weighted by Gasteiger charge is 2.22. The number of hydrogen-bond donors (Lipinski definition) is 1. The lowest BCUT2D eigenvalue weighted by molar-refractivity contribution is 0.0795. The maximum atomic E-state index is 12.4. The first-order chi connectivity index (χ1) is 9.67. The fourth-order valence-corrected chi connectivity index (χ4v) is 2.00. The molecule has 0 aliphatic carbocycles. The molecule has 6 nitrogen and oxygen atoms in total. The lowest BCUT2D eigenvalue weighted by Gasteiger charge is -2.23. The number of likely N-dealkylation sites (N-methyl/N-ethyl adjacent to an activating group) is 2. The summed E-state index contributed by atoms with van der Waals surface area (Å²) < 4.78 is 16.3. The van der Waals surface area contributed by atoms with Gasteiger partial charge in [0, 0.05) is 25.7 Å². The molecule has 110 valence electrons. The van der Waals surface area contributed by atoms with Crippen molar-refractivity contribution in [3.63, 3.8) is 0 Å². The average molecular weight is 280 g/mol. The van der Waals surface area contributed by atoms with E-state index >= 15 is 0 Å². The molecule has 0 radical (unpaired) electrons. The number of methoxy groups -OCH3 is 1. The third kappa shape index (κ3) is 2.96. The quantitative estimate of drug-likeness (QED) is 0.863. The molecule has 6 heteroatoms. The molecule has 1 aromatic carbocycles. The monoisotopic (exact) mass is 280 g/mol. The van der Waals surface area contributed by atoms with Crippen molar-refractivity contribution in [3.8, 4) is 17.2 Å². The summed E-state index contributed by atoms with van der Waals surface area (Å²) in [5.74, 6) is 1.57. The molecule has 1 N–H and O–H groups in total. The van der Waals surface area contributed by atoms with E-state index < -0.39 is 0 Å². The number of fused-ring (bicyclic) bond motifs is 1. The molecule has 0 atom stereocenters. The van der Waals surface area contributed by atoms with Crippen LogP contribution in [0.15, 0.2) is 12.1 Å². The van der Waals surface area contributed by atoms with Crippen molar-refractivity contribution in [2.75, 3.05) is 47.5 Å². The van der Waals surface area contributed by atoms with Crippen molar-refractivity contribution < 1.29 is 19.0 Å². The number of benzene rings is 1. The predicted molar refractivity (Wildman–Crippen MR) is 74.9 cm³/mol. The van der Waals surface area contributed by atoms with E-state index in [1.165, 1.54) is 0 Å². The van der Waals surface area contributed by atoms with Gasteiger partial charge in [0.15, 0.2) is 11.5 Å².